The highest BCUT2D eigenvalue weighted by molar-refractivity contribution is 6.31. The first-order chi connectivity index (χ1) is 14.4. The highest BCUT2D eigenvalue weighted by atomic mass is 35.5. The van der Waals surface area contributed by atoms with Crippen LogP contribution in [0.1, 0.15) is 27.0 Å². The number of nitrogens with one attached hydrogen (secondary N) is 1. The molecule has 3 aromatic carbocycles. The molecule has 0 fully saturated rings. The van der Waals surface area contributed by atoms with E-state index in [4.69, 9.17) is 21.1 Å². The second-order valence-electron chi connectivity index (χ2n) is 6.66. The number of ether oxygens (including phenoxy) is 2. The van der Waals surface area contributed by atoms with E-state index in [0.29, 0.717) is 34.3 Å². The van der Waals surface area contributed by atoms with Crippen LogP contribution in [-0.2, 0) is 13.2 Å². The lowest BCUT2D eigenvalue weighted by Crippen LogP contribution is -2.05. The van der Waals surface area contributed by atoms with Gasteiger partial charge in [-0.2, -0.15) is 0 Å². The normalized spacial score (nSPS) is 10.5. The molecule has 30 heavy (non-hydrogen) atoms. The monoisotopic (exact) mass is 429 g/mol. The smallest absolute Gasteiger partial charge is 0.335 e. The Bertz CT molecular complexity index is 1070. The molecular formula is C23H21ClFNO4. The second kappa shape index (κ2) is 9.50. The van der Waals surface area contributed by atoms with Gasteiger partial charge in [0.2, 0.25) is 0 Å². The molecule has 2 N–H and O–H groups in total. The second-order valence-corrected chi connectivity index (χ2v) is 7.07. The summed E-state index contributed by atoms with van der Waals surface area (Å²) >= 11 is 6.42. The fourth-order valence-corrected chi connectivity index (χ4v) is 3.11. The molecule has 0 atom stereocenters. The van der Waals surface area contributed by atoms with Crippen molar-refractivity contribution in [2.24, 2.45) is 0 Å². The van der Waals surface area contributed by atoms with E-state index in [1.807, 2.05) is 6.92 Å². The Morgan fingerprint density at radius 3 is 2.57 bits per heavy atom. The summed E-state index contributed by atoms with van der Waals surface area (Å²) in [4.78, 5) is 11.2. The first-order valence-corrected chi connectivity index (χ1v) is 9.57. The molecule has 0 aliphatic carbocycles. The minimum absolute atomic E-state index is 0.0398. The van der Waals surface area contributed by atoms with Crippen molar-refractivity contribution in [2.75, 3.05) is 12.4 Å². The van der Waals surface area contributed by atoms with Gasteiger partial charge in [0, 0.05) is 28.9 Å². The third-order valence-electron chi connectivity index (χ3n) is 4.63. The number of carboxylic acid groups (broad SMARTS) is 1. The number of hydrogen-bond donors (Lipinski definition) is 2. The van der Waals surface area contributed by atoms with Gasteiger partial charge in [-0.15, -0.1) is 0 Å². The van der Waals surface area contributed by atoms with E-state index < -0.39 is 5.97 Å². The number of aromatic carboxylic acids is 1. The Balaban J connectivity index is 1.76. The molecule has 0 heterocycles. The lowest BCUT2D eigenvalue weighted by atomic mass is 10.1. The minimum Gasteiger partial charge on any atom is -0.493 e. The Labute approximate surface area is 179 Å². The molecule has 0 saturated carbocycles. The van der Waals surface area contributed by atoms with E-state index in [-0.39, 0.29) is 18.0 Å². The van der Waals surface area contributed by atoms with Gasteiger partial charge in [-0.3, -0.25) is 0 Å². The summed E-state index contributed by atoms with van der Waals surface area (Å²) in [6.07, 6.45) is 0. The van der Waals surface area contributed by atoms with Crippen LogP contribution in [0, 0.1) is 12.7 Å². The van der Waals surface area contributed by atoms with Crippen LogP contribution in [0.2, 0.25) is 5.02 Å². The Kier molecular flexibility index (Phi) is 6.79. The van der Waals surface area contributed by atoms with Crippen LogP contribution in [0.4, 0.5) is 10.1 Å². The van der Waals surface area contributed by atoms with E-state index in [1.54, 1.807) is 48.5 Å². The van der Waals surface area contributed by atoms with Crippen LogP contribution in [-0.4, -0.2) is 18.2 Å². The molecule has 0 aliphatic heterocycles. The molecule has 0 aliphatic rings. The van der Waals surface area contributed by atoms with Gasteiger partial charge in [-0.05, 0) is 42.3 Å². The van der Waals surface area contributed by atoms with Gasteiger partial charge in [0.15, 0.2) is 11.5 Å². The molecule has 0 spiro atoms. The van der Waals surface area contributed by atoms with Crippen molar-refractivity contribution in [1.82, 2.24) is 0 Å². The van der Waals surface area contributed by atoms with E-state index in [1.165, 1.54) is 13.2 Å². The first-order valence-electron chi connectivity index (χ1n) is 9.19. The maximum Gasteiger partial charge on any atom is 0.335 e. The van der Waals surface area contributed by atoms with Gasteiger partial charge in [0.25, 0.3) is 0 Å². The average molecular weight is 430 g/mol. The van der Waals surface area contributed by atoms with Gasteiger partial charge in [0.05, 0.1) is 12.7 Å². The molecule has 0 amide bonds. The lowest BCUT2D eigenvalue weighted by Gasteiger charge is -2.16. The zero-order valence-electron chi connectivity index (χ0n) is 16.5. The Morgan fingerprint density at radius 2 is 1.87 bits per heavy atom. The molecular weight excluding hydrogens is 409 g/mol. The minimum atomic E-state index is -0.992. The molecule has 3 rings (SSSR count). The fraction of sp³-hybridized carbons (Fsp3) is 0.174. The van der Waals surface area contributed by atoms with Crippen molar-refractivity contribution >= 4 is 23.3 Å². The van der Waals surface area contributed by atoms with E-state index in [2.05, 4.69) is 5.32 Å². The zero-order valence-corrected chi connectivity index (χ0v) is 17.3. The number of anilines is 1. The zero-order chi connectivity index (χ0) is 21.7. The molecule has 0 saturated heterocycles. The molecule has 7 heteroatoms. The van der Waals surface area contributed by atoms with Crippen LogP contribution in [0.25, 0.3) is 0 Å². The van der Waals surface area contributed by atoms with Crippen LogP contribution in [0.15, 0.2) is 54.6 Å². The highest BCUT2D eigenvalue weighted by Crippen LogP contribution is 2.34. The van der Waals surface area contributed by atoms with Crippen LogP contribution >= 0.6 is 11.6 Å². The number of hydrogen-bond acceptors (Lipinski definition) is 4. The predicted molar refractivity (Wildman–Crippen MR) is 114 cm³/mol. The fourth-order valence-electron chi connectivity index (χ4n) is 2.89. The first kappa shape index (κ1) is 21.5. The lowest BCUT2D eigenvalue weighted by molar-refractivity contribution is 0.0697. The van der Waals surface area contributed by atoms with Crippen LogP contribution in [0.5, 0.6) is 11.5 Å². The number of aryl methyl sites for hydroxylation is 1. The summed E-state index contributed by atoms with van der Waals surface area (Å²) in [5.74, 6) is -0.474. The Hall–Kier alpha value is -3.25. The topological polar surface area (TPSA) is 67.8 Å². The molecule has 3 aromatic rings. The van der Waals surface area contributed by atoms with E-state index >= 15 is 0 Å². The average Bonchev–Trinajstić information content (AvgIpc) is 2.73. The van der Waals surface area contributed by atoms with Crippen molar-refractivity contribution in [2.45, 2.75) is 20.1 Å². The van der Waals surface area contributed by atoms with Gasteiger partial charge in [-0.1, -0.05) is 35.9 Å². The number of methoxy groups -OCH3 is 1. The van der Waals surface area contributed by atoms with Crippen molar-refractivity contribution in [3.05, 3.63) is 87.7 Å². The third-order valence-corrected chi connectivity index (χ3v) is 4.98. The molecule has 5 nitrogen and oxygen atoms in total. The maximum atomic E-state index is 13.8. The summed E-state index contributed by atoms with van der Waals surface area (Å²) in [5.41, 5.74) is 2.98. The summed E-state index contributed by atoms with van der Waals surface area (Å²) in [5, 5.41) is 12.8. The number of benzene rings is 3. The molecule has 0 unspecified atom stereocenters. The van der Waals surface area contributed by atoms with Gasteiger partial charge in [0.1, 0.15) is 12.4 Å². The van der Waals surface area contributed by atoms with Crippen molar-refractivity contribution in [1.29, 1.82) is 0 Å². The standard InChI is InChI=1S/C23H21ClFNO4/c1-14-7-8-15(23(27)28)9-20(14)26-12-17-10-21(29-2)22(11-18(17)24)30-13-16-5-3-4-6-19(16)25/h3-11,26H,12-13H2,1-2H3,(H,27,28). The largest absolute Gasteiger partial charge is 0.493 e. The number of carboxylic acids is 1. The van der Waals surface area contributed by atoms with Gasteiger partial charge < -0.3 is 19.9 Å². The third kappa shape index (κ3) is 5.02. The summed E-state index contributed by atoms with van der Waals surface area (Å²) in [6, 6.07) is 14.6. The molecule has 0 aromatic heterocycles. The van der Waals surface area contributed by atoms with Gasteiger partial charge in [-0.25, -0.2) is 9.18 Å². The SMILES string of the molecule is COc1cc(CNc2cc(C(=O)O)ccc2C)c(Cl)cc1OCc1ccccc1F. The Morgan fingerprint density at radius 1 is 1.10 bits per heavy atom. The van der Waals surface area contributed by atoms with Crippen LogP contribution < -0.4 is 14.8 Å². The molecule has 156 valence electrons. The molecule has 0 bridgehead atoms. The van der Waals surface area contributed by atoms with Crippen molar-refractivity contribution < 1.29 is 23.8 Å². The van der Waals surface area contributed by atoms with Crippen LogP contribution in [0.3, 0.4) is 0 Å². The molecule has 0 radical (unpaired) electrons. The van der Waals surface area contributed by atoms with Crippen molar-refractivity contribution in [3.8, 4) is 11.5 Å². The van der Waals surface area contributed by atoms with Crippen molar-refractivity contribution in [3.63, 3.8) is 0 Å². The number of halogens is 2. The number of carbonyl (C=O) groups is 1. The summed E-state index contributed by atoms with van der Waals surface area (Å²) < 4.78 is 24.9. The summed E-state index contributed by atoms with van der Waals surface area (Å²) in [7, 11) is 1.51. The number of rotatable bonds is 8. The quantitative estimate of drug-likeness (QED) is 0.481. The van der Waals surface area contributed by atoms with E-state index in [0.717, 1.165) is 11.1 Å². The maximum absolute atomic E-state index is 13.8. The highest BCUT2D eigenvalue weighted by Gasteiger charge is 2.13. The summed E-state index contributed by atoms with van der Waals surface area (Å²) in [6.45, 7) is 2.28. The predicted octanol–water partition coefficient (Wildman–Crippen LogP) is 5.69. The van der Waals surface area contributed by atoms with E-state index in [9.17, 15) is 14.3 Å². The van der Waals surface area contributed by atoms with Gasteiger partial charge >= 0.3 is 5.97 Å².